The van der Waals surface area contributed by atoms with E-state index in [-0.39, 0.29) is 24.3 Å². The fraction of sp³-hybridized carbons (Fsp3) is 0.857. The zero-order valence-corrected chi connectivity index (χ0v) is 12.6. The number of ether oxygens (including phenoxy) is 1. The van der Waals surface area contributed by atoms with Crippen LogP contribution < -0.4 is 10.6 Å². The molecule has 0 aliphatic heterocycles. The highest BCUT2D eigenvalue weighted by molar-refractivity contribution is 5.88. The first-order chi connectivity index (χ1) is 8.77. The van der Waals surface area contributed by atoms with Crippen LogP contribution in [0.5, 0.6) is 0 Å². The quantitative estimate of drug-likeness (QED) is 0.723. The zero-order chi connectivity index (χ0) is 14.6. The highest BCUT2D eigenvalue weighted by atomic mass is 16.5. The Morgan fingerprint density at radius 3 is 2.37 bits per heavy atom. The molecule has 0 aromatic carbocycles. The maximum atomic E-state index is 12.1. The minimum atomic E-state index is -0.496. The molecule has 0 spiro atoms. The summed E-state index contributed by atoms with van der Waals surface area (Å²) in [7, 11) is 1.46. The summed E-state index contributed by atoms with van der Waals surface area (Å²) in [6.07, 6.45) is 1.15. The second kappa shape index (κ2) is 6.37. The molecule has 0 radical (unpaired) electrons. The lowest BCUT2D eigenvalue weighted by Gasteiger charge is -2.21. The molecule has 0 bridgehead atoms. The highest BCUT2D eigenvalue weighted by Crippen LogP contribution is 2.50. The SMILES string of the molecule is COCC(=O)N[C@H](C(=O)NC[C@@H]1CC1(C)C)C(C)C. The molecule has 0 saturated heterocycles. The van der Waals surface area contributed by atoms with E-state index >= 15 is 0 Å². The van der Waals surface area contributed by atoms with E-state index in [0.717, 1.165) is 6.42 Å². The van der Waals surface area contributed by atoms with E-state index in [2.05, 4.69) is 24.5 Å². The van der Waals surface area contributed by atoms with Crippen LogP contribution in [0.3, 0.4) is 0 Å². The van der Waals surface area contributed by atoms with Crippen LogP contribution in [0, 0.1) is 17.3 Å². The molecule has 19 heavy (non-hydrogen) atoms. The van der Waals surface area contributed by atoms with E-state index in [1.54, 1.807) is 0 Å². The summed E-state index contributed by atoms with van der Waals surface area (Å²) >= 11 is 0. The van der Waals surface area contributed by atoms with Crippen molar-refractivity contribution in [2.75, 3.05) is 20.3 Å². The largest absolute Gasteiger partial charge is 0.375 e. The van der Waals surface area contributed by atoms with Crippen molar-refractivity contribution in [1.82, 2.24) is 10.6 Å². The summed E-state index contributed by atoms with van der Waals surface area (Å²) in [5.74, 6) is 0.234. The van der Waals surface area contributed by atoms with Gasteiger partial charge in [0, 0.05) is 13.7 Å². The van der Waals surface area contributed by atoms with Gasteiger partial charge in [0.2, 0.25) is 11.8 Å². The Bertz CT molecular complexity index is 340. The third kappa shape index (κ3) is 4.82. The van der Waals surface area contributed by atoms with Gasteiger partial charge in [-0.15, -0.1) is 0 Å². The first-order valence-electron chi connectivity index (χ1n) is 6.84. The van der Waals surface area contributed by atoms with Gasteiger partial charge in [0.1, 0.15) is 12.6 Å². The average molecular weight is 270 g/mol. The number of carbonyl (C=O) groups excluding carboxylic acids is 2. The molecule has 5 nitrogen and oxygen atoms in total. The highest BCUT2D eigenvalue weighted by Gasteiger charge is 2.45. The molecule has 1 aliphatic carbocycles. The molecule has 2 N–H and O–H groups in total. The Morgan fingerprint density at radius 1 is 1.37 bits per heavy atom. The summed E-state index contributed by atoms with van der Waals surface area (Å²) < 4.78 is 4.76. The third-order valence-electron chi connectivity index (χ3n) is 3.78. The summed E-state index contributed by atoms with van der Waals surface area (Å²) in [4.78, 5) is 23.6. The lowest BCUT2D eigenvalue weighted by Crippen LogP contribution is -2.51. The molecule has 1 aliphatic rings. The summed E-state index contributed by atoms with van der Waals surface area (Å²) in [6, 6.07) is -0.496. The molecule has 0 aromatic rings. The second-order valence-corrected chi connectivity index (χ2v) is 6.36. The monoisotopic (exact) mass is 270 g/mol. The van der Waals surface area contributed by atoms with Gasteiger partial charge in [-0.05, 0) is 23.7 Å². The first-order valence-corrected chi connectivity index (χ1v) is 6.84. The van der Waals surface area contributed by atoms with Gasteiger partial charge in [0.25, 0.3) is 0 Å². The van der Waals surface area contributed by atoms with Crippen LogP contribution >= 0.6 is 0 Å². The molecule has 0 heterocycles. The predicted molar refractivity (Wildman–Crippen MR) is 73.5 cm³/mol. The number of rotatable bonds is 7. The lowest BCUT2D eigenvalue weighted by molar-refractivity contribution is -0.132. The van der Waals surface area contributed by atoms with Crippen molar-refractivity contribution in [3.63, 3.8) is 0 Å². The van der Waals surface area contributed by atoms with Crippen LogP contribution in [0.2, 0.25) is 0 Å². The predicted octanol–water partition coefficient (Wildman–Crippen LogP) is 0.936. The van der Waals surface area contributed by atoms with Gasteiger partial charge < -0.3 is 15.4 Å². The minimum Gasteiger partial charge on any atom is -0.375 e. The van der Waals surface area contributed by atoms with Crippen molar-refractivity contribution >= 4 is 11.8 Å². The molecule has 2 amide bonds. The van der Waals surface area contributed by atoms with E-state index in [1.165, 1.54) is 7.11 Å². The van der Waals surface area contributed by atoms with E-state index in [4.69, 9.17) is 4.74 Å². The fourth-order valence-electron chi connectivity index (χ4n) is 2.14. The molecule has 5 heteroatoms. The van der Waals surface area contributed by atoms with Crippen LogP contribution in [0.1, 0.15) is 34.1 Å². The molecular weight excluding hydrogens is 244 g/mol. The number of amides is 2. The maximum absolute atomic E-state index is 12.1. The molecule has 0 unspecified atom stereocenters. The average Bonchev–Trinajstić information content (AvgIpc) is 2.91. The zero-order valence-electron chi connectivity index (χ0n) is 12.6. The van der Waals surface area contributed by atoms with Crippen molar-refractivity contribution in [2.45, 2.75) is 40.2 Å². The van der Waals surface area contributed by atoms with E-state index in [0.29, 0.717) is 17.9 Å². The Kier molecular flexibility index (Phi) is 5.35. The number of carbonyl (C=O) groups is 2. The van der Waals surface area contributed by atoms with Gasteiger partial charge in [0.15, 0.2) is 0 Å². The lowest BCUT2D eigenvalue weighted by atomic mass is 10.0. The standard InChI is InChI=1S/C14H26N2O3/c1-9(2)12(16-11(17)8-19-5)13(18)15-7-10-6-14(10,3)4/h9-10,12H,6-8H2,1-5H3,(H,15,18)(H,16,17)/t10-,12-/m0/s1. The Labute approximate surface area is 115 Å². The third-order valence-corrected chi connectivity index (χ3v) is 3.78. The molecule has 0 aromatic heterocycles. The topological polar surface area (TPSA) is 67.4 Å². The van der Waals surface area contributed by atoms with Crippen LogP contribution in [-0.2, 0) is 14.3 Å². The van der Waals surface area contributed by atoms with E-state index in [1.807, 2.05) is 13.8 Å². The van der Waals surface area contributed by atoms with Crippen LogP contribution in [0.15, 0.2) is 0 Å². The van der Waals surface area contributed by atoms with Gasteiger partial charge in [-0.3, -0.25) is 9.59 Å². The maximum Gasteiger partial charge on any atom is 0.246 e. The second-order valence-electron chi connectivity index (χ2n) is 6.36. The molecule has 110 valence electrons. The molecular formula is C14H26N2O3. The van der Waals surface area contributed by atoms with Crippen molar-refractivity contribution in [2.24, 2.45) is 17.3 Å². The Balaban J connectivity index is 2.42. The van der Waals surface area contributed by atoms with Crippen LogP contribution in [0.4, 0.5) is 0 Å². The Hall–Kier alpha value is -1.10. The van der Waals surface area contributed by atoms with Crippen molar-refractivity contribution in [3.8, 4) is 0 Å². The number of methoxy groups -OCH3 is 1. The van der Waals surface area contributed by atoms with Gasteiger partial charge >= 0.3 is 0 Å². The van der Waals surface area contributed by atoms with Crippen molar-refractivity contribution < 1.29 is 14.3 Å². The first kappa shape index (κ1) is 16.0. The molecule has 1 fully saturated rings. The number of nitrogens with one attached hydrogen (secondary N) is 2. The number of hydrogen-bond acceptors (Lipinski definition) is 3. The van der Waals surface area contributed by atoms with Crippen molar-refractivity contribution in [3.05, 3.63) is 0 Å². The summed E-state index contributed by atoms with van der Waals surface area (Å²) in [5, 5.41) is 5.64. The molecule has 1 rings (SSSR count). The van der Waals surface area contributed by atoms with E-state index in [9.17, 15) is 9.59 Å². The smallest absolute Gasteiger partial charge is 0.246 e. The van der Waals surface area contributed by atoms with E-state index < -0.39 is 6.04 Å². The van der Waals surface area contributed by atoms with Crippen LogP contribution in [-0.4, -0.2) is 38.1 Å². The van der Waals surface area contributed by atoms with Gasteiger partial charge in [-0.2, -0.15) is 0 Å². The normalized spacial score (nSPS) is 21.9. The van der Waals surface area contributed by atoms with Crippen LogP contribution in [0.25, 0.3) is 0 Å². The van der Waals surface area contributed by atoms with Gasteiger partial charge in [-0.25, -0.2) is 0 Å². The fourth-order valence-corrected chi connectivity index (χ4v) is 2.14. The van der Waals surface area contributed by atoms with Crippen molar-refractivity contribution in [1.29, 1.82) is 0 Å². The molecule has 1 saturated carbocycles. The minimum absolute atomic E-state index is 0.0217. The number of hydrogen-bond donors (Lipinski definition) is 2. The Morgan fingerprint density at radius 2 is 1.95 bits per heavy atom. The van der Waals surface area contributed by atoms with Gasteiger partial charge in [-0.1, -0.05) is 27.7 Å². The molecule has 2 atom stereocenters. The summed E-state index contributed by atoms with van der Waals surface area (Å²) in [5.41, 5.74) is 0.347. The summed E-state index contributed by atoms with van der Waals surface area (Å²) in [6.45, 7) is 8.90. The van der Waals surface area contributed by atoms with Gasteiger partial charge in [0.05, 0.1) is 0 Å².